The molecule has 0 aliphatic heterocycles. The van der Waals surface area contributed by atoms with Crippen molar-refractivity contribution in [2.75, 3.05) is 17.7 Å². The van der Waals surface area contributed by atoms with Crippen LogP contribution in [0, 0.1) is 10.1 Å². The smallest absolute Gasteiger partial charge is 0.353 e. The number of nitrogens with zero attached hydrogens (tertiary/aromatic N) is 3. The number of hydrogen-bond acceptors (Lipinski definition) is 7. The summed E-state index contributed by atoms with van der Waals surface area (Å²) < 4.78 is 5.11. The quantitative estimate of drug-likeness (QED) is 0.407. The van der Waals surface area contributed by atoms with Gasteiger partial charge in [0.05, 0.1) is 12.0 Å². The topological polar surface area (TPSA) is 102 Å². The fraction of sp³-hybridized carbons (Fsp3) is 0.111. The number of ether oxygens (including phenoxy) is 1. The standard InChI is InChI=1S/C18H15Cl2N5O3/c1-28-15-4-2-11(3-5-15)9-21-17-16(25(26)27)18(23-10-22-17)24-14-7-12(19)6-13(20)8-14/h2-8,10H,9H2,1H3,(H2,21,22,23,24). The molecule has 0 radical (unpaired) electrons. The molecule has 0 saturated heterocycles. The fourth-order valence-corrected chi connectivity index (χ4v) is 2.99. The van der Waals surface area contributed by atoms with Gasteiger partial charge in [-0.1, -0.05) is 35.3 Å². The van der Waals surface area contributed by atoms with Gasteiger partial charge in [0.1, 0.15) is 12.1 Å². The number of nitro groups is 1. The Labute approximate surface area is 170 Å². The van der Waals surface area contributed by atoms with E-state index in [1.807, 2.05) is 12.1 Å². The fourth-order valence-electron chi connectivity index (χ4n) is 2.46. The van der Waals surface area contributed by atoms with Crippen LogP contribution in [0.3, 0.4) is 0 Å². The molecule has 28 heavy (non-hydrogen) atoms. The summed E-state index contributed by atoms with van der Waals surface area (Å²) in [6.07, 6.45) is 1.23. The molecule has 2 N–H and O–H groups in total. The minimum absolute atomic E-state index is 0.0237. The summed E-state index contributed by atoms with van der Waals surface area (Å²) in [5, 5.41) is 18.3. The molecular weight excluding hydrogens is 405 g/mol. The van der Waals surface area contributed by atoms with Crippen molar-refractivity contribution in [3.63, 3.8) is 0 Å². The van der Waals surface area contributed by atoms with Crippen LogP contribution < -0.4 is 15.4 Å². The minimum Gasteiger partial charge on any atom is -0.497 e. The van der Waals surface area contributed by atoms with Crippen LogP contribution in [0.15, 0.2) is 48.8 Å². The lowest BCUT2D eigenvalue weighted by Crippen LogP contribution is -2.08. The molecule has 1 heterocycles. The maximum atomic E-state index is 11.6. The predicted octanol–water partition coefficient (Wildman–Crippen LogP) is 5.06. The van der Waals surface area contributed by atoms with Crippen molar-refractivity contribution < 1.29 is 9.66 Å². The summed E-state index contributed by atoms with van der Waals surface area (Å²) in [4.78, 5) is 19.1. The highest BCUT2D eigenvalue weighted by atomic mass is 35.5. The minimum atomic E-state index is -0.551. The second-order valence-electron chi connectivity index (χ2n) is 5.66. The Morgan fingerprint density at radius 3 is 2.32 bits per heavy atom. The summed E-state index contributed by atoms with van der Waals surface area (Å²) >= 11 is 12.0. The van der Waals surface area contributed by atoms with Crippen molar-refractivity contribution in [3.8, 4) is 5.75 Å². The number of anilines is 3. The van der Waals surface area contributed by atoms with Crippen LogP contribution in [0.25, 0.3) is 0 Å². The van der Waals surface area contributed by atoms with Gasteiger partial charge in [0.2, 0.25) is 11.6 Å². The van der Waals surface area contributed by atoms with E-state index in [1.54, 1.807) is 37.4 Å². The van der Waals surface area contributed by atoms with Gasteiger partial charge in [0.25, 0.3) is 0 Å². The molecule has 0 aliphatic carbocycles. The molecule has 3 rings (SSSR count). The average molecular weight is 420 g/mol. The summed E-state index contributed by atoms with van der Waals surface area (Å²) in [5.41, 5.74) is 1.09. The number of halogens is 2. The van der Waals surface area contributed by atoms with Crippen molar-refractivity contribution in [1.82, 2.24) is 9.97 Å². The van der Waals surface area contributed by atoms with Crippen LogP contribution in [0.4, 0.5) is 23.0 Å². The van der Waals surface area contributed by atoms with E-state index in [2.05, 4.69) is 20.6 Å². The molecule has 144 valence electrons. The molecule has 0 spiro atoms. The molecule has 1 aromatic heterocycles. The number of rotatable bonds is 7. The lowest BCUT2D eigenvalue weighted by Gasteiger charge is -2.11. The molecule has 0 atom stereocenters. The Hall–Kier alpha value is -3.10. The van der Waals surface area contributed by atoms with Crippen LogP contribution in [-0.4, -0.2) is 22.0 Å². The lowest BCUT2D eigenvalue weighted by molar-refractivity contribution is -0.383. The molecule has 0 bridgehead atoms. The third kappa shape index (κ3) is 4.79. The number of nitrogens with one attached hydrogen (secondary N) is 2. The molecule has 10 heteroatoms. The first kappa shape index (κ1) is 19.7. The summed E-state index contributed by atoms with van der Waals surface area (Å²) in [7, 11) is 1.58. The Balaban J connectivity index is 1.85. The van der Waals surface area contributed by atoms with Crippen LogP contribution >= 0.6 is 23.2 Å². The third-order valence-corrected chi connectivity index (χ3v) is 4.19. The molecule has 0 saturated carbocycles. The van der Waals surface area contributed by atoms with Crippen LogP contribution in [0.1, 0.15) is 5.56 Å². The highest BCUT2D eigenvalue weighted by Gasteiger charge is 2.23. The first-order chi connectivity index (χ1) is 13.5. The monoisotopic (exact) mass is 419 g/mol. The highest BCUT2D eigenvalue weighted by Crippen LogP contribution is 2.33. The second-order valence-corrected chi connectivity index (χ2v) is 6.53. The van der Waals surface area contributed by atoms with Crippen LogP contribution in [-0.2, 0) is 6.54 Å². The van der Waals surface area contributed by atoms with E-state index in [9.17, 15) is 10.1 Å². The van der Waals surface area contributed by atoms with E-state index >= 15 is 0 Å². The van der Waals surface area contributed by atoms with E-state index < -0.39 is 4.92 Å². The van der Waals surface area contributed by atoms with Crippen molar-refractivity contribution >= 4 is 46.2 Å². The Morgan fingerprint density at radius 2 is 1.71 bits per heavy atom. The molecule has 0 aliphatic rings. The zero-order valence-electron chi connectivity index (χ0n) is 14.6. The molecule has 2 aromatic carbocycles. The van der Waals surface area contributed by atoms with E-state index in [0.29, 0.717) is 22.3 Å². The van der Waals surface area contributed by atoms with Crippen molar-refractivity contribution in [2.45, 2.75) is 6.54 Å². The number of hydrogen-bond donors (Lipinski definition) is 2. The van der Waals surface area contributed by atoms with Gasteiger partial charge in [-0.3, -0.25) is 10.1 Å². The van der Waals surface area contributed by atoms with E-state index in [0.717, 1.165) is 11.3 Å². The largest absolute Gasteiger partial charge is 0.497 e. The summed E-state index contributed by atoms with van der Waals surface area (Å²) in [5.74, 6) is 0.838. The zero-order chi connectivity index (χ0) is 20.1. The maximum Gasteiger partial charge on any atom is 0.353 e. The van der Waals surface area contributed by atoms with Gasteiger partial charge in [-0.15, -0.1) is 0 Å². The predicted molar refractivity (Wildman–Crippen MR) is 109 cm³/mol. The zero-order valence-corrected chi connectivity index (χ0v) is 16.2. The first-order valence-electron chi connectivity index (χ1n) is 8.05. The maximum absolute atomic E-state index is 11.6. The Morgan fingerprint density at radius 1 is 1.07 bits per heavy atom. The van der Waals surface area contributed by atoms with Gasteiger partial charge in [-0.25, -0.2) is 9.97 Å². The molecular formula is C18H15Cl2N5O3. The molecule has 0 fully saturated rings. The van der Waals surface area contributed by atoms with Gasteiger partial charge in [0, 0.05) is 22.3 Å². The van der Waals surface area contributed by atoms with E-state index in [4.69, 9.17) is 27.9 Å². The van der Waals surface area contributed by atoms with Crippen molar-refractivity contribution in [1.29, 1.82) is 0 Å². The number of benzene rings is 2. The average Bonchev–Trinajstić information content (AvgIpc) is 2.65. The lowest BCUT2D eigenvalue weighted by atomic mass is 10.2. The molecule has 8 nitrogen and oxygen atoms in total. The summed E-state index contributed by atoms with van der Waals surface area (Å²) in [6, 6.07) is 12.1. The van der Waals surface area contributed by atoms with Crippen LogP contribution in [0.5, 0.6) is 5.75 Å². The van der Waals surface area contributed by atoms with E-state index in [1.165, 1.54) is 6.33 Å². The summed E-state index contributed by atoms with van der Waals surface area (Å²) in [6.45, 7) is 0.338. The molecule has 3 aromatic rings. The van der Waals surface area contributed by atoms with Gasteiger partial charge in [-0.2, -0.15) is 0 Å². The normalized spacial score (nSPS) is 10.4. The third-order valence-electron chi connectivity index (χ3n) is 3.75. The van der Waals surface area contributed by atoms with Crippen molar-refractivity contribution in [3.05, 3.63) is 74.5 Å². The SMILES string of the molecule is COc1ccc(CNc2ncnc(Nc3cc(Cl)cc(Cl)c3)c2[N+](=O)[O-])cc1. The molecule has 0 amide bonds. The first-order valence-corrected chi connectivity index (χ1v) is 8.81. The number of methoxy groups -OCH3 is 1. The van der Waals surface area contributed by atoms with Crippen LogP contribution in [0.2, 0.25) is 10.0 Å². The van der Waals surface area contributed by atoms with Crippen molar-refractivity contribution in [2.24, 2.45) is 0 Å². The number of aromatic nitrogens is 2. The molecule has 0 unspecified atom stereocenters. The Kier molecular flexibility index (Phi) is 6.13. The Bertz CT molecular complexity index is 979. The van der Waals surface area contributed by atoms with Gasteiger partial charge < -0.3 is 15.4 Å². The van der Waals surface area contributed by atoms with Gasteiger partial charge in [0.15, 0.2) is 0 Å². The van der Waals surface area contributed by atoms with E-state index in [-0.39, 0.29) is 17.3 Å². The highest BCUT2D eigenvalue weighted by molar-refractivity contribution is 6.35. The van der Waals surface area contributed by atoms with Gasteiger partial charge >= 0.3 is 5.69 Å². The van der Waals surface area contributed by atoms with Gasteiger partial charge in [-0.05, 0) is 35.9 Å². The second kappa shape index (κ2) is 8.73.